The molecule has 3 aromatic rings. The van der Waals surface area contributed by atoms with Crippen molar-refractivity contribution in [1.29, 1.82) is 0 Å². The number of benzene rings is 2. The first-order valence-electron chi connectivity index (χ1n) is 8.47. The topological polar surface area (TPSA) is 114 Å². The molecule has 2 amide bonds. The summed E-state index contributed by atoms with van der Waals surface area (Å²) in [6, 6.07) is 17.3. The van der Waals surface area contributed by atoms with Crippen LogP contribution in [0.15, 0.2) is 77.8 Å². The molecule has 0 atom stereocenters. The molecule has 0 aliphatic carbocycles. The van der Waals surface area contributed by atoms with Gasteiger partial charge in [0.15, 0.2) is 0 Å². The largest absolute Gasteiger partial charge is 0.439 e. The molecule has 0 aliphatic rings. The number of nitrogens with zero attached hydrogens (tertiary/aromatic N) is 1. The fourth-order valence-corrected chi connectivity index (χ4v) is 3.39. The fraction of sp³-hybridized carbons (Fsp3) is 0.0500. The number of ether oxygens (including phenoxy) is 1. The molecule has 9 heteroatoms. The summed E-state index contributed by atoms with van der Waals surface area (Å²) >= 11 is 0. The second-order valence-electron chi connectivity index (χ2n) is 5.94. The van der Waals surface area contributed by atoms with Gasteiger partial charge >= 0.3 is 0 Å². The van der Waals surface area contributed by atoms with Crippen LogP contribution in [0.4, 0.5) is 5.69 Å². The normalized spacial score (nSPS) is 10.8. The van der Waals surface area contributed by atoms with E-state index in [1.165, 1.54) is 24.3 Å². The quantitative estimate of drug-likeness (QED) is 0.645. The van der Waals surface area contributed by atoms with Crippen LogP contribution in [0.2, 0.25) is 0 Å². The number of pyridine rings is 1. The molecule has 0 unspecified atom stereocenters. The van der Waals surface area contributed by atoms with Crippen molar-refractivity contribution in [2.45, 2.75) is 11.8 Å². The summed E-state index contributed by atoms with van der Waals surface area (Å²) in [5.41, 5.74) is 0.751. The van der Waals surface area contributed by atoms with Crippen LogP contribution in [0.1, 0.15) is 17.3 Å². The zero-order valence-electron chi connectivity index (χ0n) is 15.3. The molecule has 1 aromatic heterocycles. The van der Waals surface area contributed by atoms with E-state index in [1.54, 1.807) is 48.7 Å². The Morgan fingerprint density at radius 2 is 1.72 bits per heavy atom. The van der Waals surface area contributed by atoms with E-state index in [1.807, 2.05) is 4.72 Å². The van der Waals surface area contributed by atoms with E-state index >= 15 is 0 Å². The van der Waals surface area contributed by atoms with Crippen LogP contribution < -0.4 is 14.8 Å². The number of rotatable bonds is 6. The lowest BCUT2D eigenvalue weighted by atomic mass is 10.2. The molecule has 3 rings (SSSR count). The van der Waals surface area contributed by atoms with Gasteiger partial charge in [-0.3, -0.25) is 9.59 Å². The predicted octanol–water partition coefficient (Wildman–Crippen LogP) is 2.95. The average Bonchev–Trinajstić information content (AvgIpc) is 2.68. The van der Waals surface area contributed by atoms with Crippen LogP contribution in [0.5, 0.6) is 11.6 Å². The highest BCUT2D eigenvalue weighted by molar-refractivity contribution is 7.90. The van der Waals surface area contributed by atoms with E-state index in [4.69, 9.17) is 4.74 Å². The van der Waals surface area contributed by atoms with Gasteiger partial charge in [0.05, 0.1) is 4.90 Å². The fourth-order valence-electron chi connectivity index (χ4n) is 2.40. The number of hydrogen-bond acceptors (Lipinski definition) is 6. The number of aromatic nitrogens is 1. The summed E-state index contributed by atoms with van der Waals surface area (Å²) in [7, 11) is -3.93. The Balaban J connectivity index is 1.70. The van der Waals surface area contributed by atoms with E-state index in [2.05, 4.69) is 10.3 Å². The molecule has 1 heterocycles. The molecule has 0 fully saturated rings. The minimum atomic E-state index is -3.93. The maximum absolute atomic E-state index is 12.5. The molecule has 2 N–H and O–H groups in total. The first-order valence-corrected chi connectivity index (χ1v) is 9.95. The number of amides is 2. The lowest BCUT2D eigenvalue weighted by Crippen LogP contribution is -2.28. The molecule has 29 heavy (non-hydrogen) atoms. The monoisotopic (exact) mass is 411 g/mol. The summed E-state index contributed by atoms with van der Waals surface area (Å²) in [6.07, 6.45) is 1.60. The van der Waals surface area contributed by atoms with Gasteiger partial charge in [0.1, 0.15) is 5.75 Å². The summed E-state index contributed by atoms with van der Waals surface area (Å²) in [5, 5.41) is 2.68. The highest BCUT2D eigenvalue weighted by atomic mass is 32.2. The third-order valence-corrected chi connectivity index (χ3v) is 5.11. The van der Waals surface area contributed by atoms with Gasteiger partial charge in [-0.25, -0.2) is 18.1 Å². The Bertz CT molecular complexity index is 1130. The van der Waals surface area contributed by atoms with Gasteiger partial charge in [0, 0.05) is 30.4 Å². The zero-order chi connectivity index (χ0) is 20.9. The SMILES string of the molecule is CC(=O)NS(=O)(=O)c1ccc(NC(=O)c2cccc(Oc3ccccn3)c2)cc1. The Hall–Kier alpha value is -3.72. The molecule has 2 aromatic carbocycles. The van der Waals surface area contributed by atoms with Crippen LogP contribution in [0.3, 0.4) is 0 Å². The summed E-state index contributed by atoms with van der Waals surface area (Å²) in [6.45, 7) is 1.11. The van der Waals surface area contributed by atoms with Gasteiger partial charge < -0.3 is 10.1 Å². The van der Waals surface area contributed by atoms with Crippen molar-refractivity contribution in [1.82, 2.24) is 9.71 Å². The second kappa shape index (κ2) is 8.53. The molecular formula is C20H17N3O5S. The average molecular weight is 411 g/mol. The third-order valence-electron chi connectivity index (χ3n) is 3.66. The molecule has 0 saturated heterocycles. The number of hydrogen-bond donors (Lipinski definition) is 2. The number of carbonyl (C=O) groups is 2. The van der Waals surface area contributed by atoms with Gasteiger partial charge in [-0.1, -0.05) is 12.1 Å². The Morgan fingerprint density at radius 3 is 2.38 bits per heavy atom. The van der Waals surface area contributed by atoms with Crippen molar-refractivity contribution in [3.05, 3.63) is 78.5 Å². The maximum atomic E-state index is 12.5. The third kappa shape index (κ3) is 5.39. The molecule has 0 aliphatic heterocycles. The number of carbonyl (C=O) groups excluding carboxylic acids is 2. The summed E-state index contributed by atoms with van der Waals surface area (Å²) in [5.74, 6) is -0.224. The number of nitrogens with one attached hydrogen (secondary N) is 2. The van der Waals surface area contributed by atoms with E-state index in [9.17, 15) is 18.0 Å². The molecule has 0 radical (unpaired) electrons. The van der Waals surface area contributed by atoms with Crippen molar-refractivity contribution < 1.29 is 22.7 Å². The van der Waals surface area contributed by atoms with Crippen LogP contribution in [0, 0.1) is 0 Å². The second-order valence-corrected chi connectivity index (χ2v) is 7.62. The standard InChI is InChI=1S/C20H17N3O5S/c1-14(24)23-29(26,27)18-10-8-16(9-11-18)22-20(25)15-5-4-6-17(13-15)28-19-7-2-3-12-21-19/h2-13H,1H3,(H,22,25)(H,23,24). The minimum absolute atomic E-state index is 0.0866. The molecule has 0 saturated carbocycles. The van der Waals surface area contributed by atoms with Crippen LogP contribution in [-0.2, 0) is 14.8 Å². The van der Waals surface area contributed by atoms with Gasteiger partial charge in [-0.05, 0) is 48.5 Å². The number of sulfonamides is 1. The van der Waals surface area contributed by atoms with Crippen LogP contribution in [-0.4, -0.2) is 25.2 Å². The Kier molecular flexibility index (Phi) is 5.89. The zero-order valence-corrected chi connectivity index (χ0v) is 16.1. The van der Waals surface area contributed by atoms with E-state index < -0.39 is 21.8 Å². The summed E-state index contributed by atoms with van der Waals surface area (Å²) in [4.78, 5) is 27.4. The smallest absolute Gasteiger partial charge is 0.264 e. The minimum Gasteiger partial charge on any atom is -0.439 e. The molecule has 8 nitrogen and oxygen atoms in total. The van der Waals surface area contributed by atoms with Crippen molar-refractivity contribution in [3.8, 4) is 11.6 Å². The van der Waals surface area contributed by atoms with Crippen molar-refractivity contribution in [3.63, 3.8) is 0 Å². The van der Waals surface area contributed by atoms with Crippen LogP contribution in [0.25, 0.3) is 0 Å². The van der Waals surface area contributed by atoms with Crippen LogP contribution >= 0.6 is 0 Å². The van der Waals surface area contributed by atoms with E-state index in [0.29, 0.717) is 22.9 Å². The first kappa shape index (κ1) is 20.0. The molecule has 0 bridgehead atoms. The molecule has 148 valence electrons. The van der Waals surface area contributed by atoms with Gasteiger partial charge in [-0.2, -0.15) is 0 Å². The van der Waals surface area contributed by atoms with Gasteiger partial charge in [0.2, 0.25) is 11.8 Å². The molecule has 0 spiro atoms. The van der Waals surface area contributed by atoms with Gasteiger partial charge in [-0.15, -0.1) is 0 Å². The lowest BCUT2D eigenvalue weighted by Gasteiger charge is -2.09. The van der Waals surface area contributed by atoms with Gasteiger partial charge in [0.25, 0.3) is 15.9 Å². The summed E-state index contributed by atoms with van der Waals surface area (Å²) < 4.78 is 31.4. The maximum Gasteiger partial charge on any atom is 0.264 e. The van der Waals surface area contributed by atoms with E-state index in [-0.39, 0.29) is 4.90 Å². The highest BCUT2D eigenvalue weighted by Crippen LogP contribution is 2.21. The number of anilines is 1. The van der Waals surface area contributed by atoms with Crippen molar-refractivity contribution >= 4 is 27.5 Å². The predicted molar refractivity (Wildman–Crippen MR) is 106 cm³/mol. The van der Waals surface area contributed by atoms with Crippen molar-refractivity contribution in [2.75, 3.05) is 5.32 Å². The highest BCUT2D eigenvalue weighted by Gasteiger charge is 2.15. The Labute approximate surface area is 167 Å². The first-order chi connectivity index (χ1) is 13.8. The van der Waals surface area contributed by atoms with E-state index in [0.717, 1.165) is 6.92 Å². The Morgan fingerprint density at radius 1 is 0.966 bits per heavy atom. The van der Waals surface area contributed by atoms with Crippen molar-refractivity contribution in [2.24, 2.45) is 0 Å². The lowest BCUT2D eigenvalue weighted by molar-refractivity contribution is -0.117. The molecular weight excluding hydrogens is 394 g/mol.